The van der Waals surface area contributed by atoms with E-state index in [1.165, 1.54) is 10.8 Å². The van der Waals surface area contributed by atoms with Crippen molar-refractivity contribution in [2.75, 3.05) is 11.1 Å². The van der Waals surface area contributed by atoms with Gasteiger partial charge in [0.2, 0.25) is 0 Å². The maximum absolute atomic E-state index is 4.74. The molecule has 0 amide bonds. The van der Waals surface area contributed by atoms with Gasteiger partial charge in [0, 0.05) is 21.3 Å². The Bertz CT molecular complexity index is 669. The van der Waals surface area contributed by atoms with Crippen molar-refractivity contribution in [2.45, 2.75) is 19.9 Å². The molecule has 0 aromatic heterocycles. The second-order valence-electron chi connectivity index (χ2n) is 5.23. The smallest absolute Gasteiger partial charge is 0.161 e. The Kier molecular flexibility index (Phi) is 4.03. The molecule has 1 N–H and O–H groups in total. The van der Waals surface area contributed by atoms with E-state index in [0.717, 1.165) is 21.1 Å². The summed E-state index contributed by atoms with van der Waals surface area (Å²) in [5.74, 6) is 1.77. The van der Waals surface area contributed by atoms with Crippen LogP contribution in [0.25, 0.3) is 10.8 Å². The van der Waals surface area contributed by atoms with Gasteiger partial charge in [-0.3, -0.25) is 4.99 Å². The molecule has 2 aromatic rings. The van der Waals surface area contributed by atoms with Crippen LogP contribution < -0.4 is 5.32 Å². The number of amidine groups is 1. The lowest BCUT2D eigenvalue weighted by Crippen LogP contribution is -2.25. The highest BCUT2D eigenvalue weighted by atomic mass is 79.9. The van der Waals surface area contributed by atoms with Crippen molar-refractivity contribution in [2.24, 2.45) is 10.9 Å². The van der Waals surface area contributed by atoms with Gasteiger partial charge in [0.05, 0.1) is 6.04 Å². The molecular weight excluding hydrogens is 332 g/mol. The molecule has 1 aliphatic rings. The molecule has 2 unspecified atom stereocenters. The third-order valence-electron chi connectivity index (χ3n) is 3.74. The van der Waals surface area contributed by atoms with Crippen molar-refractivity contribution in [1.82, 2.24) is 0 Å². The van der Waals surface area contributed by atoms with Crippen LogP contribution in [0.5, 0.6) is 0 Å². The summed E-state index contributed by atoms with van der Waals surface area (Å²) in [6.07, 6.45) is 0. The summed E-state index contributed by atoms with van der Waals surface area (Å²) in [7, 11) is 0. The van der Waals surface area contributed by atoms with Gasteiger partial charge in [0.1, 0.15) is 0 Å². The zero-order valence-electron chi connectivity index (χ0n) is 11.6. The van der Waals surface area contributed by atoms with Crippen LogP contribution in [0.3, 0.4) is 0 Å². The van der Waals surface area contributed by atoms with E-state index < -0.39 is 0 Å². The molecule has 0 bridgehead atoms. The zero-order chi connectivity index (χ0) is 14.1. The van der Waals surface area contributed by atoms with Gasteiger partial charge in [0.25, 0.3) is 0 Å². The molecule has 0 saturated heterocycles. The first-order valence-corrected chi connectivity index (χ1v) is 8.58. The van der Waals surface area contributed by atoms with Crippen LogP contribution in [0.2, 0.25) is 0 Å². The standard InChI is InChI=1S/C16H17BrN2S/c1-10-9-20-16(18-11(10)2)19-15-8-7-14(17)12-5-3-4-6-13(12)15/h3-8,10-11H,9H2,1-2H3,(H,18,19). The fraction of sp³-hybridized carbons (Fsp3) is 0.312. The minimum absolute atomic E-state index is 0.389. The van der Waals surface area contributed by atoms with E-state index in [-0.39, 0.29) is 0 Å². The van der Waals surface area contributed by atoms with Crippen molar-refractivity contribution < 1.29 is 0 Å². The number of fused-ring (bicyclic) bond motifs is 1. The molecule has 104 valence electrons. The van der Waals surface area contributed by atoms with Gasteiger partial charge in [-0.05, 0) is 30.4 Å². The zero-order valence-corrected chi connectivity index (χ0v) is 14.0. The number of thioether (sulfide) groups is 1. The summed E-state index contributed by atoms with van der Waals surface area (Å²) < 4.78 is 1.12. The van der Waals surface area contributed by atoms with Crippen molar-refractivity contribution >= 4 is 49.3 Å². The van der Waals surface area contributed by atoms with Crippen molar-refractivity contribution in [3.05, 3.63) is 40.9 Å². The summed E-state index contributed by atoms with van der Waals surface area (Å²) in [4.78, 5) is 4.74. The molecule has 0 fully saturated rings. The molecular formula is C16H17BrN2S. The predicted octanol–water partition coefficient (Wildman–Crippen LogP) is 5.14. The van der Waals surface area contributed by atoms with Gasteiger partial charge < -0.3 is 5.32 Å². The van der Waals surface area contributed by atoms with Gasteiger partial charge in [-0.15, -0.1) is 0 Å². The molecule has 2 atom stereocenters. The number of hydrogen-bond acceptors (Lipinski definition) is 3. The van der Waals surface area contributed by atoms with Crippen LogP contribution in [-0.2, 0) is 0 Å². The summed E-state index contributed by atoms with van der Waals surface area (Å²) in [6.45, 7) is 4.44. The van der Waals surface area contributed by atoms with Crippen LogP contribution in [0.15, 0.2) is 45.9 Å². The number of halogens is 1. The Labute approximate surface area is 132 Å². The molecule has 1 aliphatic heterocycles. The van der Waals surface area contributed by atoms with E-state index in [0.29, 0.717) is 12.0 Å². The summed E-state index contributed by atoms with van der Waals surface area (Å²) in [5, 5.41) is 6.97. The summed E-state index contributed by atoms with van der Waals surface area (Å²) in [6, 6.07) is 13.0. The number of nitrogens with one attached hydrogen (secondary N) is 1. The first-order valence-electron chi connectivity index (χ1n) is 6.80. The Morgan fingerprint density at radius 3 is 2.65 bits per heavy atom. The van der Waals surface area contributed by atoms with Crippen LogP contribution in [0.1, 0.15) is 13.8 Å². The second kappa shape index (κ2) is 5.78. The highest BCUT2D eigenvalue weighted by Gasteiger charge is 2.19. The van der Waals surface area contributed by atoms with E-state index in [1.807, 2.05) is 11.8 Å². The Balaban J connectivity index is 1.96. The Morgan fingerprint density at radius 1 is 1.15 bits per heavy atom. The SMILES string of the molecule is CC1CSC(Nc2ccc(Br)c3ccccc23)=NC1C. The van der Waals surface area contributed by atoms with Crippen LogP contribution in [0.4, 0.5) is 5.69 Å². The molecule has 0 radical (unpaired) electrons. The van der Waals surface area contributed by atoms with E-state index in [4.69, 9.17) is 4.99 Å². The fourth-order valence-corrected chi connectivity index (χ4v) is 3.85. The van der Waals surface area contributed by atoms with Crippen molar-refractivity contribution in [1.29, 1.82) is 0 Å². The van der Waals surface area contributed by atoms with Gasteiger partial charge in [-0.25, -0.2) is 0 Å². The van der Waals surface area contributed by atoms with Gasteiger partial charge >= 0.3 is 0 Å². The minimum atomic E-state index is 0.389. The first-order chi connectivity index (χ1) is 9.65. The Hall–Kier alpha value is -1.00. The quantitative estimate of drug-likeness (QED) is 0.771. The lowest BCUT2D eigenvalue weighted by atomic mass is 10.1. The van der Waals surface area contributed by atoms with E-state index in [1.54, 1.807) is 0 Å². The molecule has 0 spiro atoms. The van der Waals surface area contributed by atoms with Crippen LogP contribution in [-0.4, -0.2) is 17.0 Å². The summed E-state index contributed by atoms with van der Waals surface area (Å²) >= 11 is 5.42. The largest absolute Gasteiger partial charge is 0.334 e. The first kappa shape index (κ1) is 14.0. The number of anilines is 1. The predicted molar refractivity (Wildman–Crippen MR) is 93.8 cm³/mol. The topological polar surface area (TPSA) is 24.4 Å². The number of benzene rings is 2. The maximum Gasteiger partial charge on any atom is 0.161 e. The highest BCUT2D eigenvalue weighted by molar-refractivity contribution is 9.10. The normalized spacial score (nSPS) is 22.6. The number of nitrogens with zero attached hydrogens (tertiary/aromatic N) is 1. The van der Waals surface area contributed by atoms with Crippen LogP contribution >= 0.6 is 27.7 Å². The number of hydrogen-bond donors (Lipinski definition) is 1. The highest BCUT2D eigenvalue weighted by Crippen LogP contribution is 2.31. The molecule has 2 aromatic carbocycles. The molecule has 0 saturated carbocycles. The number of aliphatic imine (C=N–C) groups is 1. The molecule has 1 heterocycles. The number of rotatable bonds is 1. The van der Waals surface area contributed by atoms with Gasteiger partial charge in [-0.1, -0.05) is 58.9 Å². The van der Waals surface area contributed by atoms with Gasteiger partial charge in [-0.2, -0.15) is 0 Å². The lowest BCUT2D eigenvalue weighted by Gasteiger charge is -2.24. The maximum atomic E-state index is 4.74. The molecule has 2 nitrogen and oxygen atoms in total. The third kappa shape index (κ3) is 2.72. The third-order valence-corrected chi connectivity index (χ3v) is 5.60. The van der Waals surface area contributed by atoms with E-state index in [2.05, 4.69) is 71.5 Å². The average molecular weight is 349 g/mol. The van der Waals surface area contributed by atoms with Crippen molar-refractivity contribution in [3.8, 4) is 0 Å². The monoisotopic (exact) mass is 348 g/mol. The molecule has 0 aliphatic carbocycles. The second-order valence-corrected chi connectivity index (χ2v) is 7.09. The molecule has 20 heavy (non-hydrogen) atoms. The lowest BCUT2D eigenvalue weighted by molar-refractivity contribution is 0.537. The molecule has 3 rings (SSSR count). The average Bonchev–Trinajstić information content (AvgIpc) is 2.46. The van der Waals surface area contributed by atoms with E-state index >= 15 is 0 Å². The van der Waals surface area contributed by atoms with E-state index in [9.17, 15) is 0 Å². The molecule has 4 heteroatoms. The minimum Gasteiger partial charge on any atom is -0.334 e. The fourth-order valence-electron chi connectivity index (χ4n) is 2.25. The Morgan fingerprint density at radius 2 is 1.90 bits per heavy atom. The van der Waals surface area contributed by atoms with Crippen LogP contribution in [0, 0.1) is 5.92 Å². The summed E-state index contributed by atoms with van der Waals surface area (Å²) in [5.41, 5.74) is 1.12. The van der Waals surface area contributed by atoms with Crippen molar-refractivity contribution in [3.63, 3.8) is 0 Å². The van der Waals surface area contributed by atoms with Gasteiger partial charge in [0.15, 0.2) is 5.17 Å².